The molecule has 0 atom stereocenters. The molecule has 0 saturated heterocycles. The number of thioether (sulfide) groups is 1. The molecule has 1 aliphatic rings. The number of rotatable bonds is 3. The quantitative estimate of drug-likeness (QED) is 0.839. The van der Waals surface area contributed by atoms with Crippen LogP contribution in [0.25, 0.3) is 5.69 Å². The average Bonchev–Trinajstić information content (AvgIpc) is 2.86. The van der Waals surface area contributed by atoms with Crippen LogP contribution in [-0.4, -0.2) is 29.9 Å². The topological polar surface area (TPSA) is 121 Å². The van der Waals surface area contributed by atoms with Gasteiger partial charge in [0.1, 0.15) is 0 Å². The molecule has 1 amide bonds. The lowest BCUT2D eigenvalue weighted by molar-refractivity contribution is 0.0994. The first kappa shape index (κ1) is 15.1. The number of benzene rings is 1. The molecule has 1 aliphatic heterocycles. The first-order chi connectivity index (χ1) is 10.4. The molecule has 1 aromatic carbocycles. The van der Waals surface area contributed by atoms with Gasteiger partial charge in [-0.1, -0.05) is 0 Å². The Bertz CT molecular complexity index is 841. The number of hydrogen-bond acceptors (Lipinski definition) is 5. The molecule has 2 aromatic rings. The Kier molecular flexibility index (Phi) is 3.71. The molecule has 4 N–H and O–H groups in total. The van der Waals surface area contributed by atoms with Crippen LogP contribution in [-0.2, 0) is 22.2 Å². The number of amides is 1. The minimum Gasteiger partial charge on any atom is -0.364 e. The Morgan fingerprint density at radius 3 is 2.55 bits per heavy atom. The van der Waals surface area contributed by atoms with Gasteiger partial charge >= 0.3 is 0 Å². The van der Waals surface area contributed by atoms with Gasteiger partial charge in [-0.25, -0.2) is 18.2 Å². The van der Waals surface area contributed by atoms with Crippen molar-refractivity contribution >= 4 is 27.7 Å². The minimum absolute atomic E-state index is 0.0305. The maximum Gasteiger partial charge on any atom is 0.269 e. The highest BCUT2D eigenvalue weighted by Gasteiger charge is 2.24. The van der Waals surface area contributed by atoms with E-state index in [2.05, 4.69) is 5.10 Å². The number of hydrogen-bond donors (Lipinski definition) is 2. The van der Waals surface area contributed by atoms with Crippen molar-refractivity contribution in [2.75, 3.05) is 5.75 Å². The number of primary sulfonamides is 1. The fourth-order valence-electron chi connectivity index (χ4n) is 2.43. The van der Waals surface area contributed by atoms with Gasteiger partial charge in [-0.3, -0.25) is 4.79 Å². The van der Waals surface area contributed by atoms with Gasteiger partial charge in [0, 0.05) is 17.0 Å². The van der Waals surface area contributed by atoms with Gasteiger partial charge in [-0.15, -0.1) is 0 Å². The maximum atomic E-state index is 11.5. The van der Waals surface area contributed by atoms with Crippen molar-refractivity contribution in [3.05, 3.63) is 41.2 Å². The first-order valence-electron chi connectivity index (χ1n) is 6.49. The molecule has 0 saturated carbocycles. The van der Waals surface area contributed by atoms with Gasteiger partial charge in [-0.05, 0) is 36.4 Å². The molecule has 3 rings (SSSR count). The van der Waals surface area contributed by atoms with Crippen LogP contribution in [0.15, 0.2) is 29.2 Å². The van der Waals surface area contributed by atoms with Crippen molar-refractivity contribution in [1.29, 1.82) is 0 Å². The van der Waals surface area contributed by atoms with E-state index in [4.69, 9.17) is 10.9 Å². The molecule has 0 fully saturated rings. The Labute approximate surface area is 131 Å². The fourth-order valence-corrected chi connectivity index (χ4v) is 3.93. The molecule has 116 valence electrons. The van der Waals surface area contributed by atoms with Crippen LogP contribution in [0.1, 0.15) is 21.7 Å². The minimum atomic E-state index is -3.73. The number of nitrogens with two attached hydrogens (primary N) is 2. The van der Waals surface area contributed by atoms with Crippen molar-refractivity contribution in [3.63, 3.8) is 0 Å². The highest BCUT2D eigenvalue weighted by atomic mass is 32.2. The molecular weight excluding hydrogens is 324 g/mol. The summed E-state index contributed by atoms with van der Waals surface area (Å²) in [5.41, 5.74) is 8.14. The Hall–Kier alpha value is -1.84. The second-order valence-corrected chi connectivity index (χ2v) is 7.56. The number of carbonyl (C=O) groups excluding carboxylic acids is 1. The lowest BCUT2D eigenvalue weighted by Crippen LogP contribution is -2.14. The molecular formula is C13H14N4O3S2. The van der Waals surface area contributed by atoms with E-state index < -0.39 is 15.9 Å². The van der Waals surface area contributed by atoms with Crippen molar-refractivity contribution in [2.24, 2.45) is 10.9 Å². The van der Waals surface area contributed by atoms with E-state index in [0.29, 0.717) is 11.4 Å². The molecule has 0 spiro atoms. The number of aromatic nitrogens is 2. The van der Waals surface area contributed by atoms with Crippen molar-refractivity contribution in [2.45, 2.75) is 17.1 Å². The van der Waals surface area contributed by atoms with E-state index in [0.717, 1.165) is 23.4 Å². The van der Waals surface area contributed by atoms with Gasteiger partial charge in [0.2, 0.25) is 10.0 Å². The summed E-state index contributed by atoms with van der Waals surface area (Å²) in [6.07, 6.45) is 0.775. The Morgan fingerprint density at radius 1 is 1.27 bits per heavy atom. The fraction of sp³-hybridized carbons (Fsp3) is 0.231. The van der Waals surface area contributed by atoms with Gasteiger partial charge in [0.05, 0.1) is 10.6 Å². The Morgan fingerprint density at radius 2 is 1.95 bits per heavy atom. The largest absolute Gasteiger partial charge is 0.364 e. The lowest BCUT2D eigenvalue weighted by atomic mass is 10.1. The Balaban J connectivity index is 2.10. The highest BCUT2D eigenvalue weighted by molar-refractivity contribution is 7.98. The van der Waals surface area contributed by atoms with E-state index >= 15 is 0 Å². The predicted molar refractivity (Wildman–Crippen MR) is 83.3 cm³/mol. The van der Waals surface area contributed by atoms with E-state index in [-0.39, 0.29) is 10.6 Å². The van der Waals surface area contributed by atoms with Crippen LogP contribution in [0.2, 0.25) is 0 Å². The summed E-state index contributed by atoms with van der Waals surface area (Å²) in [4.78, 5) is 11.6. The van der Waals surface area contributed by atoms with Crippen LogP contribution >= 0.6 is 11.8 Å². The molecule has 22 heavy (non-hydrogen) atoms. The van der Waals surface area contributed by atoms with E-state index in [1.807, 2.05) is 0 Å². The number of primary amides is 1. The van der Waals surface area contributed by atoms with Gasteiger partial charge < -0.3 is 5.73 Å². The van der Waals surface area contributed by atoms with Crippen LogP contribution < -0.4 is 10.9 Å². The molecule has 9 heteroatoms. The lowest BCUT2D eigenvalue weighted by Gasteiger charge is -2.14. The van der Waals surface area contributed by atoms with Crippen LogP contribution in [0, 0.1) is 0 Å². The second-order valence-electron chi connectivity index (χ2n) is 4.89. The van der Waals surface area contributed by atoms with Crippen molar-refractivity contribution < 1.29 is 13.2 Å². The van der Waals surface area contributed by atoms with E-state index in [1.54, 1.807) is 28.6 Å². The molecule has 1 aromatic heterocycles. The summed E-state index contributed by atoms with van der Waals surface area (Å²) in [6, 6.07) is 6.06. The predicted octanol–water partition coefficient (Wildman–Crippen LogP) is 0.408. The third-order valence-electron chi connectivity index (χ3n) is 3.46. The normalized spacial score (nSPS) is 14.6. The molecule has 0 unspecified atom stereocenters. The summed E-state index contributed by atoms with van der Waals surface area (Å²) in [6.45, 7) is 0. The average molecular weight is 338 g/mol. The zero-order valence-electron chi connectivity index (χ0n) is 11.5. The maximum absolute atomic E-state index is 11.5. The molecule has 0 aliphatic carbocycles. The SMILES string of the molecule is NC(=O)c1nn(-c2ccc(S(N)(=O)=O)cc2)c2c1CSCC2. The van der Waals surface area contributed by atoms with Crippen molar-refractivity contribution in [3.8, 4) is 5.69 Å². The molecule has 0 radical (unpaired) electrons. The smallest absolute Gasteiger partial charge is 0.269 e. The van der Waals surface area contributed by atoms with E-state index in [9.17, 15) is 13.2 Å². The first-order valence-corrected chi connectivity index (χ1v) is 9.19. The zero-order chi connectivity index (χ0) is 15.9. The zero-order valence-corrected chi connectivity index (χ0v) is 13.2. The van der Waals surface area contributed by atoms with Crippen LogP contribution in [0.5, 0.6) is 0 Å². The number of nitrogens with zero attached hydrogens (tertiary/aromatic N) is 2. The third kappa shape index (κ3) is 2.62. The number of sulfonamides is 1. The van der Waals surface area contributed by atoms with Gasteiger partial charge in [0.25, 0.3) is 5.91 Å². The van der Waals surface area contributed by atoms with Crippen LogP contribution in [0.4, 0.5) is 0 Å². The third-order valence-corrected chi connectivity index (χ3v) is 5.38. The van der Waals surface area contributed by atoms with Gasteiger partial charge in [-0.2, -0.15) is 16.9 Å². The summed E-state index contributed by atoms with van der Waals surface area (Å²) < 4.78 is 24.3. The molecule has 2 heterocycles. The number of carbonyl (C=O) groups is 1. The van der Waals surface area contributed by atoms with Crippen LogP contribution in [0.3, 0.4) is 0 Å². The van der Waals surface area contributed by atoms with Gasteiger partial charge in [0.15, 0.2) is 5.69 Å². The summed E-state index contributed by atoms with van der Waals surface area (Å²) in [5, 5.41) is 9.39. The standard InChI is InChI=1S/C13H14N4O3S2/c14-13(18)12-10-7-21-6-5-11(10)17(16-12)8-1-3-9(4-2-8)22(15,19)20/h1-4H,5-7H2,(H2,14,18)(H2,15,19,20). The highest BCUT2D eigenvalue weighted by Crippen LogP contribution is 2.29. The summed E-state index contributed by atoms with van der Waals surface area (Å²) in [5.74, 6) is 1.08. The molecule has 0 bridgehead atoms. The molecule has 7 nitrogen and oxygen atoms in total. The summed E-state index contributed by atoms with van der Waals surface area (Å²) in [7, 11) is -3.73. The summed E-state index contributed by atoms with van der Waals surface area (Å²) >= 11 is 1.73. The number of fused-ring (bicyclic) bond motifs is 1. The van der Waals surface area contributed by atoms with E-state index in [1.165, 1.54) is 12.1 Å². The second kappa shape index (κ2) is 5.41. The van der Waals surface area contributed by atoms with Crippen molar-refractivity contribution in [1.82, 2.24) is 9.78 Å². The monoisotopic (exact) mass is 338 g/mol.